The molecule has 0 amide bonds. The lowest BCUT2D eigenvalue weighted by Gasteiger charge is -2.04. The molecule has 0 aliphatic heterocycles. The Bertz CT molecular complexity index is 400. The Hall–Kier alpha value is -0.610. The van der Waals surface area contributed by atoms with Crippen LogP contribution in [0, 0.1) is 0 Å². The first kappa shape index (κ1) is 13.5. The van der Waals surface area contributed by atoms with E-state index in [0.717, 1.165) is 34.3 Å². The number of halogens is 2. The average molecular weight is 348 g/mol. The van der Waals surface area contributed by atoms with Gasteiger partial charge in [0, 0.05) is 15.9 Å². The lowest BCUT2D eigenvalue weighted by Crippen LogP contribution is -1.89. The molecule has 86 valence electrons. The monoisotopic (exact) mass is 346 g/mol. The largest absolute Gasteiger partial charge is 0.478 e. The van der Waals surface area contributed by atoms with Crippen molar-refractivity contribution in [2.24, 2.45) is 0 Å². The van der Waals surface area contributed by atoms with Gasteiger partial charge in [0.25, 0.3) is 0 Å². The third kappa shape index (κ3) is 4.49. The van der Waals surface area contributed by atoms with Gasteiger partial charge in [-0.2, -0.15) is 0 Å². The summed E-state index contributed by atoms with van der Waals surface area (Å²) in [6.45, 7) is 0. The zero-order valence-electron chi connectivity index (χ0n) is 8.62. The summed E-state index contributed by atoms with van der Waals surface area (Å²) in [7, 11) is 0. The van der Waals surface area contributed by atoms with Gasteiger partial charge in [-0.15, -0.1) is 0 Å². The van der Waals surface area contributed by atoms with Crippen LogP contribution in [0.4, 0.5) is 0 Å². The number of aryl methyl sites for hydroxylation is 1. The van der Waals surface area contributed by atoms with Crippen LogP contribution < -0.4 is 0 Å². The Labute approximate surface area is 112 Å². The van der Waals surface area contributed by atoms with Crippen molar-refractivity contribution < 1.29 is 9.90 Å². The number of carbonyl (C=O) groups is 1. The molecule has 1 aromatic carbocycles. The minimum atomic E-state index is -0.931. The molecule has 0 spiro atoms. The number of hydrogen-bond donors (Lipinski definition) is 1. The number of rotatable bonds is 5. The van der Waals surface area contributed by atoms with E-state index in [1.165, 1.54) is 5.56 Å². The van der Waals surface area contributed by atoms with Gasteiger partial charge >= 0.3 is 5.97 Å². The van der Waals surface area contributed by atoms with Crippen molar-refractivity contribution in [3.05, 3.63) is 39.9 Å². The topological polar surface area (TPSA) is 37.3 Å². The highest BCUT2D eigenvalue weighted by atomic mass is 79.9. The summed E-state index contributed by atoms with van der Waals surface area (Å²) in [6, 6.07) is 5.88. The fourth-order valence-electron chi connectivity index (χ4n) is 1.29. The molecule has 0 bridgehead atoms. The highest BCUT2D eigenvalue weighted by Crippen LogP contribution is 2.21. The van der Waals surface area contributed by atoms with Crippen LogP contribution in [0.15, 0.2) is 28.7 Å². The number of benzene rings is 1. The molecule has 0 saturated carbocycles. The molecule has 1 aromatic rings. The van der Waals surface area contributed by atoms with Crippen molar-refractivity contribution in [3.63, 3.8) is 0 Å². The fraction of sp³-hybridized carbons (Fsp3) is 0.250. The van der Waals surface area contributed by atoms with Gasteiger partial charge in [0.1, 0.15) is 0 Å². The maximum atomic E-state index is 10.4. The standard InChI is InChI=1S/C12H12Br2O2/c13-7-1-2-10-5-3-9(8-11(10)14)4-6-12(15)16/h3-6,8H,1-2,7H2,(H,15,16)/b6-4+. The van der Waals surface area contributed by atoms with Crippen LogP contribution in [0.25, 0.3) is 6.08 Å². The van der Waals surface area contributed by atoms with Crippen LogP contribution in [0.2, 0.25) is 0 Å². The van der Waals surface area contributed by atoms with Crippen molar-refractivity contribution in [2.45, 2.75) is 12.8 Å². The molecule has 0 heterocycles. The van der Waals surface area contributed by atoms with E-state index >= 15 is 0 Å². The summed E-state index contributed by atoms with van der Waals surface area (Å²) in [6.07, 6.45) is 4.82. The Morgan fingerprint density at radius 1 is 1.44 bits per heavy atom. The smallest absolute Gasteiger partial charge is 0.328 e. The summed E-state index contributed by atoms with van der Waals surface area (Å²) in [4.78, 5) is 10.4. The van der Waals surface area contributed by atoms with Crippen molar-refractivity contribution in [1.29, 1.82) is 0 Å². The highest BCUT2D eigenvalue weighted by molar-refractivity contribution is 9.10. The van der Waals surface area contributed by atoms with Gasteiger partial charge in [-0.05, 0) is 36.1 Å². The van der Waals surface area contributed by atoms with Crippen LogP contribution in [0.3, 0.4) is 0 Å². The van der Waals surface area contributed by atoms with E-state index in [9.17, 15) is 4.79 Å². The molecule has 0 atom stereocenters. The summed E-state index contributed by atoms with van der Waals surface area (Å²) in [5, 5.41) is 9.50. The van der Waals surface area contributed by atoms with E-state index in [1.807, 2.05) is 18.2 Å². The van der Waals surface area contributed by atoms with Gasteiger partial charge in [0.05, 0.1) is 0 Å². The van der Waals surface area contributed by atoms with E-state index in [4.69, 9.17) is 5.11 Å². The number of hydrogen-bond acceptors (Lipinski definition) is 1. The van der Waals surface area contributed by atoms with Gasteiger partial charge in [-0.3, -0.25) is 0 Å². The maximum absolute atomic E-state index is 10.4. The highest BCUT2D eigenvalue weighted by Gasteiger charge is 2.00. The number of carboxylic acid groups (broad SMARTS) is 1. The lowest BCUT2D eigenvalue weighted by atomic mass is 10.1. The first-order valence-electron chi connectivity index (χ1n) is 4.89. The summed E-state index contributed by atoms with van der Waals surface area (Å²) in [5.41, 5.74) is 2.13. The van der Waals surface area contributed by atoms with Gasteiger partial charge in [0.15, 0.2) is 0 Å². The van der Waals surface area contributed by atoms with E-state index in [0.29, 0.717) is 0 Å². The van der Waals surface area contributed by atoms with E-state index in [1.54, 1.807) is 6.08 Å². The van der Waals surface area contributed by atoms with Crippen molar-refractivity contribution in [1.82, 2.24) is 0 Å². The average Bonchev–Trinajstić information content (AvgIpc) is 2.25. The third-order valence-corrected chi connectivity index (χ3v) is 3.37. The third-order valence-electron chi connectivity index (χ3n) is 2.08. The first-order valence-corrected chi connectivity index (χ1v) is 6.80. The number of alkyl halides is 1. The van der Waals surface area contributed by atoms with Crippen LogP contribution in [0.5, 0.6) is 0 Å². The minimum Gasteiger partial charge on any atom is -0.478 e. The second kappa shape index (κ2) is 6.86. The normalized spacial score (nSPS) is 10.9. The minimum absolute atomic E-state index is 0.886. The van der Waals surface area contributed by atoms with Crippen LogP contribution in [0.1, 0.15) is 17.5 Å². The molecule has 4 heteroatoms. The van der Waals surface area contributed by atoms with E-state index < -0.39 is 5.97 Å². The lowest BCUT2D eigenvalue weighted by molar-refractivity contribution is -0.131. The molecular weight excluding hydrogens is 336 g/mol. The van der Waals surface area contributed by atoms with E-state index in [-0.39, 0.29) is 0 Å². The zero-order valence-corrected chi connectivity index (χ0v) is 11.8. The second-order valence-corrected chi connectivity index (χ2v) is 4.96. The Morgan fingerprint density at radius 2 is 2.19 bits per heavy atom. The van der Waals surface area contributed by atoms with Crippen molar-refractivity contribution in [3.8, 4) is 0 Å². The Kier molecular flexibility index (Phi) is 5.77. The van der Waals surface area contributed by atoms with Crippen LogP contribution in [-0.2, 0) is 11.2 Å². The predicted octanol–water partition coefficient (Wildman–Crippen LogP) is 3.87. The van der Waals surface area contributed by atoms with Gasteiger partial charge in [-0.1, -0.05) is 44.0 Å². The Balaban J connectivity index is 2.78. The molecule has 1 N–H and O–H groups in total. The van der Waals surface area contributed by atoms with Crippen LogP contribution in [-0.4, -0.2) is 16.4 Å². The van der Waals surface area contributed by atoms with Gasteiger partial charge in [-0.25, -0.2) is 4.79 Å². The second-order valence-electron chi connectivity index (χ2n) is 3.31. The summed E-state index contributed by atoms with van der Waals surface area (Å²) in [5.74, 6) is -0.931. The summed E-state index contributed by atoms with van der Waals surface area (Å²) >= 11 is 6.88. The molecule has 0 radical (unpaired) electrons. The van der Waals surface area contributed by atoms with Crippen LogP contribution >= 0.6 is 31.9 Å². The number of aliphatic carboxylic acids is 1. The molecular formula is C12H12Br2O2. The molecule has 0 unspecified atom stereocenters. The molecule has 2 nitrogen and oxygen atoms in total. The molecule has 0 aliphatic carbocycles. The molecule has 0 saturated heterocycles. The zero-order chi connectivity index (χ0) is 12.0. The van der Waals surface area contributed by atoms with E-state index in [2.05, 4.69) is 31.9 Å². The Morgan fingerprint density at radius 3 is 2.75 bits per heavy atom. The van der Waals surface area contributed by atoms with Gasteiger partial charge < -0.3 is 5.11 Å². The molecule has 0 aromatic heterocycles. The quantitative estimate of drug-likeness (QED) is 0.648. The van der Waals surface area contributed by atoms with Crippen molar-refractivity contribution in [2.75, 3.05) is 5.33 Å². The fourth-order valence-corrected chi connectivity index (χ4v) is 2.17. The molecule has 1 rings (SSSR count). The van der Waals surface area contributed by atoms with Gasteiger partial charge in [0.2, 0.25) is 0 Å². The van der Waals surface area contributed by atoms with Crippen molar-refractivity contribution >= 4 is 43.9 Å². The number of carboxylic acids is 1. The first-order chi connectivity index (χ1) is 7.63. The molecule has 0 fully saturated rings. The molecule has 16 heavy (non-hydrogen) atoms. The molecule has 0 aliphatic rings. The predicted molar refractivity (Wildman–Crippen MR) is 72.9 cm³/mol. The summed E-state index contributed by atoms with van der Waals surface area (Å²) < 4.78 is 1.03. The SMILES string of the molecule is O=C(O)/C=C/c1ccc(CCCBr)c(Br)c1. The maximum Gasteiger partial charge on any atom is 0.328 e.